The van der Waals surface area contributed by atoms with Crippen LogP contribution in [-0.2, 0) is 26.2 Å². The van der Waals surface area contributed by atoms with Crippen molar-refractivity contribution < 1.29 is 18.0 Å². The number of anilines is 1. The van der Waals surface area contributed by atoms with E-state index in [0.29, 0.717) is 34.3 Å². The van der Waals surface area contributed by atoms with Gasteiger partial charge in [0.15, 0.2) is 0 Å². The number of nitrogens with one attached hydrogen (secondary N) is 1. The van der Waals surface area contributed by atoms with Crippen molar-refractivity contribution >= 4 is 50.7 Å². The summed E-state index contributed by atoms with van der Waals surface area (Å²) in [6.45, 7) is 8.55. The lowest BCUT2D eigenvalue weighted by molar-refractivity contribution is -0.141. The van der Waals surface area contributed by atoms with Gasteiger partial charge in [0.25, 0.3) is 0 Å². The predicted octanol–water partition coefficient (Wildman–Crippen LogP) is 5.88. The molecule has 38 heavy (non-hydrogen) atoms. The molecule has 0 spiro atoms. The molecule has 0 bridgehead atoms. The number of amides is 2. The lowest BCUT2D eigenvalue weighted by atomic mass is 10.1. The molecule has 2 aromatic rings. The van der Waals surface area contributed by atoms with Crippen molar-refractivity contribution in [3.8, 4) is 0 Å². The first-order chi connectivity index (χ1) is 17.9. The maximum atomic E-state index is 13.5. The lowest BCUT2D eigenvalue weighted by Crippen LogP contribution is -2.49. The van der Waals surface area contributed by atoms with E-state index < -0.39 is 16.1 Å². The third kappa shape index (κ3) is 9.47. The molecule has 0 saturated carbocycles. The van der Waals surface area contributed by atoms with Crippen molar-refractivity contribution in [3.05, 3.63) is 63.1 Å². The monoisotopic (exact) mass is 583 g/mol. The molecule has 7 nitrogen and oxygen atoms in total. The number of hydrogen-bond acceptors (Lipinski definition) is 4. The van der Waals surface area contributed by atoms with Gasteiger partial charge in [0.1, 0.15) is 6.04 Å². The normalized spacial score (nSPS) is 12.2. The van der Waals surface area contributed by atoms with E-state index in [1.54, 1.807) is 18.2 Å². The number of aryl methyl sites for hydroxylation is 2. The molecule has 1 N–H and O–H groups in total. The average Bonchev–Trinajstić information content (AvgIpc) is 2.81. The molecular weight excluding hydrogens is 545 g/mol. The van der Waals surface area contributed by atoms with Crippen LogP contribution >= 0.6 is 23.2 Å². The Hall–Kier alpha value is -2.29. The smallest absolute Gasteiger partial charge is 0.242 e. The van der Waals surface area contributed by atoms with Gasteiger partial charge in [0.05, 0.1) is 11.9 Å². The van der Waals surface area contributed by atoms with E-state index in [1.807, 2.05) is 45.9 Å². The highest BCUT2D eigenvalue weighted by Gasteiger charge is 2.29. The van der Waals surface area contributed by atoms with E-state index in [9.17, 15) is 18.0 Å². The standard InChI is InChI=1S/C28H39Cl2N3O4S/c1-6-8-13-31-28(35)26(7-2)32(19-22-11-12-23(29)18-25(22)30)27(34)10-9-14-33(38(5,36)37)24-16-20(3)15-21(4)17-24/h11-12,15-18,26H,6-10,13-14,19H2,1-5H3,(H,31,35). The molecule has 0 radical (unpaired) electrons. The molecule has 210 valence electrons. The summed E-state index contributed by atoms with van der Waals surface area (Å²) in [6.07, 6.45) is 3.73. The minimum absolute atomic E-state index is 0.0702. The fourth-order valence-electron chi connectivity index (χ4n) is 4.36. The third-order valence-electron chi connectivity index (χ3n) is 6.22. The summed E-state index contributed by atoms with van der Waals surface area (Å²) >= 11 is 12.5. The summed E-state index contributed by atoms with van der Waals surface area (Å²) in [6, 6.07) is 9.98. The van der Waals surface area contributed by atoms with Crippen LogP contribution in [0.1, 0.15) is 62.6 Å². The largest absolute Gasteiger partial charge is 0.354 e. The summed E-state index contributed by atoms with van der Waals surface area (Å²) in [5.41, 5.74) is 3.16. The first-order valence-electron chi connectivity index (χ1n) is 12.9. The Morgan fingerprint density at radius 1 is 1.00 bits per heavy atom. The zero-order chi connectivity index (χ0) is 28.5. The molecule has 0 aliphatic carbocycles. The van der Waals surface area contributed by atoms with E-state index >= 15 is 0 Å². The molecule has 0 aliphatic heterocycles. The SMILES string of the molecule is CCCCNC(=O)C(CC)N(Cc1ccc(Cl)cc1Cl)C(=O)CCCN(c1cc(C)cc(C)c1)S(C)(=O)=O. The number of benzene rings is 2. The molecule has 1 atom stereocenters. The number of sulfonamides is 1. The van der Waals surface area contributed by atoms with Gasteiger partial charge in [-0.2, -0.15) is 0 Å². The maximum Gasteiger partial charge on any atom is 0.242 e. The number of nitrogens with zero attached hydrogens (tertiary/aromatic N) is 2. The van der Waals surface area contributed by atoms with Crippen molar-refractivity contribution in [1.29, 1.82) is 0 Å². The molecular formula is C28H39Cl2N3O4S. The molecule has 2 amide bonds. The second-order valence-electron chi connectivity index (χ2n) is 9.61. The fourth-order valence-corrected chi connectivity index (χ4v) is 5.78. The zero-order valence-corrected chi connectivity index (χ0v) is 25.2. The molecule has 2 aromatic carbocycles. The van der Waals surface area contributed by atoms with Crippen LogP contribution in [0, 0.1) is 13.8 Å². The molecule has 0 fully saturated rings. The number of hydrogen-bond donors (Lipinski definition) is 1. The summed E-state index contributed by atoms with van der Waals surface area (Å²) in [4.78, 5) is 28.1. The van der Waals surface area contributed by atoms with Crippen LogP contribution in [0.15, 0.2) is 36.4 Å². The molecule has 0 heterocycles. The van der Waals surface area contributed by atoms with Crippen LogP contribution in [0.25, 0.3) is 0 Å². The van der Waals surface area contributed by atoms with E-state index in [2.05, 4.69) is 5.32 Å². The highest BCUT2D eigenvalue weighted by atomic mass is 35.5. The summed E-state index contributed by atoms with van der Waals surface area (Å²) in [5.74, 6) is -0.463. The topological polar surface area (TPSA) is 86.8 Å². The first kappa shape index (κ1) is 31.9. The Balaban J connectivity index is 2.26. The average molecular weight is 585 g/mol. The summed E-state index contributed by atoms with van der Waals surface area (Å²) < 4.78 is 26.5. The van der Waals surface area contributed by atoms with E-state index in [-0.39, 0.29) is 37.7 Å². The van der Waals surface area contributed by atoms with Crippen LogP contribution < -0.4 is 9.62 Å². The van der Waals surface area contributed by atoms with E-state index in [4.69, 9.17) is 23.2 Å². The van der Waals surface area contributed by atoms with Crippen molar-refractivity contribution in [1.82, 2.24) is 10.2 Å². The van der Waals surface area contributed by atoms with Crippen LogP contribution in [0.4, 0.5) is 5.69 Å². The second kappa shape index (κ2) is 14.8. The van der Waals surface area contributed by atoms with Crippen molar-refractivity contribution in [3.63, 3.8) is 0 Å². The molecule has 0 aliphatic rings. The highest BCUT2D eigenvalue weighted by molar-refractivity contribution is 7.92. The van der Waals surface area contributed by atoms with Gasteiger partial charge in [0, 0.05) is 36.1 Å². The predicted molar refractivity (Wildman–Crippen MR) is 156 cm³/mol. The van der Waals surface area contributed by atoms with Gasteiger partial charge in [-0.15, -0.1) is 0 Å². The Morgan fingerprint density at radius 2 is 1.66 bits per heavy atom. The highest BCUT2D eigenvalue weighted by Crippen LogP contribution is 2.25. The van der Waals surface area contributed by atoms with Gasteiger partial charge in [-0.25, -0.2) is 8.42 Å². The quantitative estimate of drug-likeness (QED) is 0.281. The van der Waals surface area contributed by atoms with Gasteiger partial charge in [-0.1, -0.05) is 55.6 Å². The van der Waals surface area contributed by atoms with Crippen LogP contribution in [0.3, 0.4) is 0 Å². The number of rotatable bonds is 14. The Kier molecular flexibility index (Phi) is 12.4. The van der Waals surface area contributed by atoms with Crippen LogP contribution in [0.5, 0.6) is 0 Å². The molecule has 1 unspecified atom stereocenters. The lowest BCUT2D eigenvalue weighted by Gasteiger charge is -2.31. The Morgan fingerprint density at radius 3 is 2.21 bits per heavy atom. The van der Waals surface area contributed by atoms with Crippen molar-refractivity contribution in [2.24, 2.45) is 0 Å². The van der Waals surface area contributed by atoms with Gasteiger partial charge in [0.2, 0.25) is 21.8 Å². The summed E-state index contributed by atoms with van der Waals surface area (Å²) in [5, 5.41) is 3.82. The van der Waals surface area contributed by atoms with E-state index in [0.717, 1.165) is 30.2 Å². The molecule has 0 saturated heterocycles. The van der Waals surface area contributed by atoms with Gasteiger partial charge < -0.3 is 10.2 Å². The minimum atomic E-state index is -3.56. The Labute approximate surface area is 237 Å². The number of carbonyl (C=O) groups excluding carboxylic acids is 2. The first-order valence-corrected chi connectivity index (χ1v) is 15.5. The molecule has 2 rings (SSSR count). The summed E-state index contributed by atoms with van der Waals surface area (Å²) in [7, 11) is -3.56. The minimum Gasteiger partial charge on any atom is -0.354 e. The van der Waals surface area contributed by atoms with Crippen LogP contribution in [0.2, 0.25) is 10.0 Å². The van der Waals surface area contributed by atoms with Crippen molar-refractivity contribution in [2.75, 3.05) is 23.7 Å². The number of unbranched alkanes of at least 4 members (excludes halogenated alkanes) is 1. The number of halogens is 2. The van der Waals surface area contributed by atoms with Crippen LogP contribution in [-0.4, -0.2) is 50.5 Å². The zero-order valence-electron chi connectivity index (χ0n) is 22.9. The second-order valence-corrected chi connectivity index (χ2v) is 12.4. The molecule has 0 aromatic heterocycles. The van der Waals surface area contributed by atoms with E-state index in [1.165, 1.54) is 9.21 Å². The van der Waals surface area contributed by atoms with Gasteiger partial charge in [-0.3, -0.25) is 13.9 Å². The Bertz CT molecular complexity index is 1200. The molecule has 10 heteroatoms. The fraction of sp³-hybridized carbons (Fsp3) is 0.500. The number of carbonyl (C=O) groups is 2. The third-order valence-corrected chi connectivity index (χ3v) is 8.00. The van der Waals surface area contributed by atoms with Gasteiger partial charge >= 0.3 is 0 Å². The maximum absolute atomic E-state index is 13.5. The van der Waals surface area contributed by atoms with Gasteiger partial charge in [-0.05, 0) is 74.1 Å². The van der Waals surface area contributed by atoms with Crippen molar-refractivity contribution in [2.45, 2.75) is 72.4 Å².